The van der Waals surface area contributed by atoms with E-state index in [2.05, 4.69) is 5.32 Å². The summed E-state index contributed by atoms with van der Waals surface area (Å²) in [5, 5.41) is 2.48. The number of furan rings is 1. The molecule has 0 spiro atoms. The zero-order valence-corrected chi connectivity index (χ0v) is 11.6. The van der Waals surface area contributed by atoms with E-state index in [1.54, 1.807) is 12.1 Å². The SMILES string of the molecule is CNC(=O)c1ccc(C[S@](=O)c2cccc(C)c2)o1. The Morgan fingerprint density at radius 1 is 1.32 bits per heavy atom. The van der Waals surface area contributed by atoms with Crippen LogP contribution in [0.4, 0.5) is 0 Å². The van der Waals surface area contributed by atoms with E-state index in [1.807, 2.05) is 31.2 Å². The largest absolute Gasteiger partial charge is 0.455 e. The fraction of sp³-hybridized carbons (Fsp3) is 0.214. The zero-order valence-electron chi connectivity index (χ0n) is 10.8. The molecule has 0 fully saturated rings. The maximum atomic E-state index is 12.2. The fourth-order valence-corrected chi connectivity index (χ4v) is 2.80. The molecule has 0 saturated heterocycles. The summed E-state index contributed by atoms with van der Waals surface area (Å²) in [6.45, 7) is 1.96. The molecule has 2 rings (SSSR count). The van der Waals surface area contributed by atoms with Crippen molar-refractivity contribution in [2.75, 3.05) is 7.05 Å². The van der Waals surface area contributed by atoms with Gasteiger partial charge < -0.3 is 9.73 Å². The number of aryl methyl sites for hydroxylation is 1. The van der Waals surface area contributed by atoms with Gasteiger partial charge >= 0.3 is 0 Å². The summed E-state index contributed by atoms with van der Waals surface area (Å²) in [7, 11) is 0.365. The van der Waals surface area contributed by atoms with E-state index in [4.69, 9.17) is 4.42 Å². The van der Waals surface area contributed by atoms with Crippen molar-refractivity contribution in [3.63, 3.8) is 0 Å². The second kappa shape index (κ2) is 5.84. The van der Waals surface area contributed by atoms with Crippen LogP contribution in [-0.2, 0) is 16.6 Å². The first kappa shape index (κ1) is 13.5. The molecule has 0 saturated carbocycles. The lowest BCUT2D eigenvalue weighted by molar-refractivity contribution is 0.0934. The van der Waals surface area contributed by atoms with Crippen LogP contribution in [0.15, 0.2) is 45.7 Å². The average Bonchev–Trinajstić information content (AvgIpc) is 2.86. The van der Waals surface area contributed by atoms with E-state index in [-0.39, 0.29) is 17.4 Å². The van der Waals surface area contributed by atoms with Crippen LogP contribution in [0, 0.1) is 6.92 Å². The van der Waals surface area contributed by atoms with Crippen LogP contribution in [0.25, 0.3) is 0 Å². The second-order valence-electron chi connectivity index (χ2n) is 4.15. The summed E-state index contributed by atoms with van der Waals surface area (Å²) in [5.41, 5.74) is 1.07. The second-order valence-corrected chi connectivity index (χ2v) is 5.60. The van der Waals surface area contributed by atoms with E-state index in [0.29, 0.717) is 5.76 Å². The molecule has 4 nitrogen and oxygen atoms in total. The number of nitrogens with one attached hydrogen (secondary N) is 1. The van der Waals surface area contributed by atoms with E-state index < -0.39 is 10.8 Å². The van der Waals surface area contributed by atoms with Crippen LogP contribution >= 0.6 is 0 Å². The van der Waals surface area contributed by atoms with Gasteiger partial charge in [0.05, 0.1) is 16.6 Å². The third-order valence-electron chi connectivity index (χ3n) is 2.64. The van der Waals surface area contributed by atoms with Crippen molar-refractivity contribution in [1.29, 1.82) is 0 Å². The van der Waals surface area contributed by atoms with Crippen LogP contribution in [0.5, 0.6) is 0 Å². The number of carbonyl (C=O) groups is 1. The van der Waals surface area contributed by atoms with Crippen molar-refractivity contribution in [2.45, 2.75) is 17.6 Å². The lowest BCUT2D eigenvalue weighted by Gasteiger charge is -2.01. The predicted molar refractivity (Wildman–Crippen MR) is 73.4 cm³/mol. The number of carbonyl (C=O) groups excluding carboxylic acids is 1. The van der Waals surface area contributed by atoms with E-state index in [9.17, 15) is 9.00 Å². The monoisotopic (exact) mass is 277 g/mol. The molecule has 5 heteroatoms. The van der Waals surface area contributed by atoms with E-state index in [0.717, 1.165) is 10.5 Å². The minimum atomic E-state index is -1.17. The smallest absolute Gasteiger partial charge is 0.286 e. The van der Waals surface area contributed by atoms with Gasteiger partial charge in [-0.15, -0.1) is 0 Å². The molecule has 1 amide bonds. The van der Waals surface area contributed by atoms with Crippen LogP contribution in [0.1, 0.15) is 21.9 Å². The molecular weight excluding hydrogens is 262 g/mol. The van der Waals surface area contributed by atoms with Crippen molar-refractivity contribution in [2.24, 2.45) is 0 Å². The Hall–Kier alpha value is -1.88. The lowest BCUT2D eigenvalue weighted by Crippen LogP contribution is -2.16. The molecule has 1 aromatic heterocycles. The first-order chi connectivity index (χ1) is 9.10. The van der Waals surface area contributed by atoms with Crippen LogP contribution < -0.4 is 5.32 Å². The van der Waals surface area contributed by atoms with Gasteiger partial charge in [-0.1, -0.05) is 12.1 Å². The topological polar surface area (TPSA) is 59.3 Å². The number of hydrogen-bond acceptors (Lipinski definition) is 3. The third kappa shape index (κ3) is 3.32. The molecule has 0 unspecified atom stereocenters. The number of rotatable bonds is 4. The highest BCUT2D eigenvalue weighted by molar-refractivity contribution is 7.84. The summed E-state index contributed by atoms with van der Waals surface area (Å²) >= 11 is 0. The molecule has 0 bridgehead atoms. The van der Waals surface area contributed by atoms with Crippen molar-refractivity contribution in [1.82, 2.24) is 5.32 Å². The molecule has 0 aliphatic carbocycles. The molecule has 1 aromatic carbocycles. The number of benzene rings is 1. The van der Waals surface area contributed by atoms with Gasteiger partial charge in [-0.3, -0.25) is 9.00 Å². The molecule has 1 N–H and O–H groups in total. The fourth-order valence-electron chi connectivity index (χ4n) is 1.67. The van der Waals surface area contributed by atoms with Gasteiger partial charge in [0.2, 0.25) is 0 Å². The van der Waals surface area contributed by atoms with E-state index in [1.165, 1.54) is 7.05 Å². The summed E-state index contributed by atoms with van der Waals surface area (Å²) in [5.74, 6) is 0.755. The summed E-state index contributed by atoms with van der Waals surface area (Å²) in [6, 6.07) is 10.8. The van der Waals surface area contributed by atoms with Crippen molar-refractivity contribution in [3.05, 3.63) is 53.5 Å². The standard InChI is InChI=1S/C14H15NO3S/c1-10-4-3-5-12(8-10)19(17)9-11-6-7-13(18-11)14(16)15-2/h3-8H,9H2,1-2H3,(H,15,16)/t19-/m0/s1. The first-order valence-corrected chi connectivity index (χ1v) is 7.18. The van der Waals surface area contributed by atoms with E-state index >= 15 is 0 Å². The molecule has 2 aromatic rings. The Morgan fingerprint density at radius 3 is 2.79 bits per heavy atom. The molecule has 100 valence electrons. The quantitative estimate of drug-likeness (QED) is 0.932. The van der Waals surface area contributed by atoms with Crippen molar-refractivity contribution in [3.8, 4) is 0 Å². The highest BCUT2D eigenvalue weighted by Crippen LogP contribution is 2.16. The number of amides is 1. The van der Waals surface area contributed by atoms with Gasteiger partial charge in [-0.2, -0.15) is 0 Å². The highest BCUT2D eigenvalue weighted by Gasteiger charge is 2.12. The van der Waals surface area contributed by atoms with Crippen molar-refractivity contribution >= 4 is 16.7 Å². The normalized spacial score (nSPS) is 12.1. The predicted octanol–water partition coefficient (Wildman–Crippen LogP) is 2.26. The molecule has 0 aliphatic rings. The maximum absolute atomic E-state index is 12.2. The van der Waals surface area contributed by atoms with Gasteiger partial charge in [-0.05, 0) is 36.8 Å². The average molecular weight is 277 g/mol. The summed E-state index contributed by atoms with van der Waals surface area (Å²) in [6.07, 6.45) is 0. The third-order valence-corrected chi connectivity index (χ3v) is 3.96. The minimum absolute atomic E-state index is 0.235. The summed E-state index contributed by atoms with van der Waals surface area (Å²) in [4.78, 5) is 12.1. The summed E-state index contributed by atoms with van der Waals surface area (Å²) < 4.78 is 17.5. The maximum Gasteiger partial charge on any atom is 0.286 e. The molecule has 0 aliphatic heterocycles. The van der Waals surface area contributed by atoms with Gasteiger partial charge in [0.1, 0.15) is 5.76 Å². The molecule has 19 heavy (non-hydrogen) atoms. The Balaban J connectivity index is 2.11. The Morgan fingerprint density at radius 2 is 2.11 bits per heavy atom. The lowest BCUT2D eigenvalue weighted by atomic mass is 10.2. The Labute approximate surface area is 114 Å². The van der Waals surface area contributed by atoms with Crippen LogP contribution in [0.3, 0.4) is 0 Å². The first-order valence-electron chi connectivity index (χ1n) is 5.86. The van der Waals surface area contributed by atoms with Gasteiger partial charge in [0, 0.05) is 11.9 Å². The van der Waals surface area contributed by atoms with Crippen molar-refractivity contribution < 1.29 is 13.4 Å². The van der Waals surface area contributed by atoms with Gasteiger partial charge in [0.25, 0.3) is 5.91 Å². The Kier molecular flexibility index (Phi) is 4.16. The number of hydrogen-bond donors (Lipinski definition) is 1. The molecular formula is C14H15NO3S. The molecule has 1 atom stereocenters. The van der Waals surface area contributed by atoms with Gasteiger partial charge in [0.15, 0.2) is 5.76 Å². The molecule has 1 heterocycles. The van der Waals surface area contributed by atoms with Crippen LogP contribution in [-0.4, -0.2) is 17.2 Å². The molecule has 0 radical (unpaired) electrons. The minimum Gasteiger partial charge on any atom is -0.455 e. The zero-order chi connectivity index (χ0) is 13.8. The highest BCUT2D eigenvalue weighted by atomic mass is 32.2. The van der Waals surface area contributed by atoms with Crippen LogP contribution in [0.2, 0.25) is 0 Å². The van der Waals surface area contributed by atoms with Gasteiger partial charge in [-0.25, -0.2) is 0 Å². The Bertz CT molecular complexity index is 619.